The number of hydrogen-bond acceptors (Lipinski definition) is 2. The highest BCUT2D eigenvalue weighted by Crippen LogP contribution is 2.26. The first-order valence-corrected chi connectivity index (χ1v) is 4.97. The Labute approximate surface area is 94.0 Å². The maximum Gasteiger partial charge on any atom is 0.138 e. The van der Waals surface area contributed by atoms with Gasteiger partial charge in [-0.1, -0.05) is 23.8 Å². The van der Waals surface area contributed by atoms with Crippen LogP contribution in [0.25, 0.3) is 0 Å². The van der Waals surface area contributed by atoms with Crippen LogP contribution in [0.2, 0.25) is 5.02 Å². The van der Waals surface area contributed by atoms with Crippen LogP contribution in [-0.2, 0) is 0 Å². The van der Waals surface area contributed by atoms with Crippen LogP contribution in [0.15, 0.2) is 12.1 Å². The van der Waals surface area contributed by atoms with E-state index >= 15 is 0 Å². The quantitative estimate of drug-likeness (QED) is 0.810. The molecule has 2 nitrogen and oxygen atoms in total. The van der Waals surface area contributed by atoms with E-state index in [1.807, 2.05) is 26.0 Å². The summed E-state index contributed by atoms with van der Waals surface area (Å²) in [4.78, 5) is 0.346. The van der Waals surface area contributed by atoms with Crippen LogP contribution in [0, 0.1) is 13.8 Å². The number of halogens is 1. The summed E-state index contributed by atoms with van der Waals surface area (Å²) in [6.07, 6.45) is 0. The summed E-state index contributed by atoms with van der Waals surface area (Å²) in [7, 11) is 0. The van der Waals surface area contributed by atoms with Gasteiger partial charge in [0, 0.05) is 5.02 Å². The van der Waals surface area contributed by atoms with E-state index < -0.39 is 0 Å². The van der Waals surface area contributed by atoms with Crippen molar-refractivity contribution in [3.05, 3.63) is 28.3 Å². The molecular formula is C10H12ClNOS. The van der Waals surface area contributed by atoms with E-state index in [-0.39, 0.29) is 6.61 Å². The number of nitrogens with two attached hydrogens (primary N) is 1. The minimum atomic E-state index is 0.263. The molecule has 0 aliphatic carbocycles. The Kier molecular flexibility index (Phi) is 3.72. The van der Waals surface area contributed by atoms with Gasteiger partial charge in [-0.3, -0.25) is 0 Å². The van der Waals surface area contributed by atoms with Crippen LogP contribution in [0.3, 0.4) is 0 Å². The maximum atomic E-state index is 5.88. The van der Waals surface area contributed by atoms with Gasteiger partial charge in [-0.15, -0.1) is 0 Å². The predicted octanol–water partition coefficient (Wildman–Crippen LogP) is 2.62. The van der Waals surface area contributed by atoms with Crippen molar-refractivity contribution >= 4 is 28.8 Å². The molecule has 0 aliphatic heterocycles. The van der Waals surface area contributed by atoms with Crippen molar-refractivity contribution in [1.29, 1.82) is 0 Å². The fourth-order valence-electron chi connectivity index (χ4n) is 1.27. The highest BCUT2D eigenvalue weighted by Gasteiger charge is 2.05. The minimum Gasteiger partial charge on any atom is -0.486 e. The minimum absolute atomic E-state index is 0.263. The van der Waals surface area contributed by atoms with E-state index in [1.54, 1.807) is 0 Å². The Bertz CT molecular complexity index is 342. The second-order valence-electron chi connectivity index (χ2n) is 3.12. The summed E-state index contributed by atoms with van der Waals surface area (Å²) in [5.74, 6) is 0.808. The average molecular weight is 230 g/mol. The molecule has 1 aromatic carbocycles. The number of rotatable bonds is 3. The van der Waals surface area contributed by atoms with Gasteiger partial charge in [0.15, 0.2) is 0 Å². The van der Waals surface area contributed by atoms with Gasteiger partial charge in [-0.25, -0.2) is 0 Å². The summed E-state index contributed by atoms with van der Waals surface area (Å²) in [5.41, 5.74) is 7.33. The Hall–Kier alpha value is -0.800. The molecular weight excluding hydrogens is 218 g/mol. The van der Waals surface area contributed by atoms with E-state index in [4.69, 9.17) is 34.3 Å². The molecule has 0 heterocycles. The van der Waals surface area contributed by atoms with Crippen molar-refractivity contribution in [2.24, 2.45) is 5.73 Å². The molecule has 0 amide bonds. The molecule has 2 N–H and O–H groups in total. The molecule has 0 saturated carbocycles. The number of hydrogen-bond donors (Lipinski definition) is 1. The third-order valence-electron chi connectivity index (χ3n) is 1.78. The first-order valence-electron chi connectivity index (χ1n) is 4.18. The van der Waals surface area contributed by atoms with Gasteiger partial charge < -0.3 is 10.5 Å². The zero-order valence-electron chi connectivity index (χ0n) is 8.13. The van der Waals surface area contributed by atoms with Gasteiger partial charge >= 0.3 is 0 Å². The van der Waals surface area contributed by atoms with E-state index in [0.717, 1.165) is 16.9 Å². The summed E-state index contributed by atoms with van der Waals surface area (Å²) < 4.78 is 5.46. The highest BCUT2D eigenvalue weighted by atomic mass is 35.5. The maximum absolute atomic E-state index is 5.88. The fourth-order valence-corrected chi connectivity index (χ4v) is 1.65. The summed E-state index contributed by atoms with van der Waals surface area (Å²) in [6.45, 7) is 4.14. The lowest BCUT2D eigenvalue weighted by molar-refractivity contribution is 0.372. The van der Waals surface area contributed by atoms with Crippen LogP contribution >= 0.6 is 23.8 Å². The first-order chi connectivity index (χ1) is 6.50. The number of thiocarbonyl (C=S) groups is 1. The SMILES string of the molecule is Cc1cc(Cl)cc(C)c1OCC(N)=S. The van der Waals surface area contributed by atoms with Crippen LogP contribution in [0.1, 0.15) is 11.1 Å². The van der Waals surface area contributed by atoms with Gasteiger partial charge in [-0.05, 0) is 37.1 Å². The van der Waals surface area contributed by atoms with Gasteiger partial charge in [0.05, 0.1) is 0 Å². The van der Waals surface area contributed by atoms with Crippen LogP contribution in [-0.4, -0.2) is 11.6 Å². The van der Waals surface area contributed by atoms with Crippen molar-refractivity contribution < 1.29 is 4.74 Å². The lowest BCUT2D eigenvalue weighted by Crippen LogP contribution is -2.18. The molecule has 0 saturated heterocycles. The Morgan fingerprint density at radius 3 is 2.36 bits per heavy atom. The second-order valence-corrected chi connectivity index (χ2v) is 4.08. The zero-order valence-corrected chi connectivity index (χ0v) is 9.71. The Balaban J connectivity index is 2.91. The lowest BCUT2D eigenvalue weighted by Gasteiger charge is -2.11. The third kappa shape index (κ3) is 2.86. The van der Waals surface area contributed by atoms with Crippen LogP contribution in [0.4, 0.5) is 0 Å². The van der Waals surface area contributed by atoms with Gasteiger partial charge in [0.1, 0.15) is 17.3 Å². The highest BCUT2D eigenvalue weighted by molar-refractivity contribution is 7.80. The largest absolute Gasteiger partial charge is 0.486 e. The molecule has 0 radical (unpaired) electrons. The smallest absolute Gasteiger partial charge is 0.138 e. The number of ether oxygens (including phenoxy) is 1. The molecule has 1 rings (SSSR count). The van der Waals surface area contributed by atoms with Crippen LogP contribution < -0.4 is 10.5 Å². The topological polar surface area (TPSA) is 35.2 Å². The van der Waals surface area contributed by atoms with Gasteiger partial charge in [-0.2, -0.15) is 0 Å². The normalized spacial score (nSPS) is 9.93. The number of aryl methyl sites for hydroxylation is 2. The predicted molar refractivity (Wildman–Crippen MR) is 63.2 cm³/mol. The number of benzene rings is 1. The lowest BCUT2D eigenvalue weighted by atomic mass is 10.1. The molecule has 0 spiro atoms. The molecule has 0 atom stereocenters. The summed E-state index contributed by atoms with van der Waals surface area (Å²) in [5, 5.41) is 0.711. The molecule has 76 valence electrons. The van der Waals surface area contributed by atoms with Crippen LogP contribution in [0.5, 0.6) is 5.75 Å². The van der Waals surface area contributed by atoms with Crippen molar-refractivity contribution in [3.63, 3.8) is 0 Å². The zero-order chi connectivity index (χ0) is 10.7. The standard InChI is InChI=1S/C10H12ClNOS/c1-6-3-8(11)4-7(2)10(6)13-5-9(12)14/h3-4H,5H2,1-2H3,(H2,12,14). The van der Waals surface area contributed by atoms with E-state index in [0.29, 0.717) is 10.0 Å². The molecule has 1 aromatic rings. The van der Waals surface area contributed by atoms with E-state index in [2.05, 4.69) is 0 Å². The summed E-state index contributed by atoms with van der Waals surface area (Å²) in [6, 6.07) is 3.70. The monoisotopic (exact) mass is 229 g/mol. The average Bonchev–Trinajstić information content (AvgIpc) is 2.01. The fraction of sp³-hybridized carbons (Fsp3) is 0.300. The van der Waals surface area contributed by atoms with Crippen molar-refractivity contribution in [2.45, 2.75) is 13.8 Å². The van der Waals surface area contributed by atoms with E-state index in [9.17, 15) is 0 Å². The van der Waals surface area contributed by atoms with E-state index in [1.165, 1.54) is 0 Å². The third-order valence-corrected chi connectivity index (χ3v) is 2.12. The molecule has 0 aliphatic rings. The molecule has 0 unspecified atom stereocenters. The summed E-state index contributed by atoms with van der Waals surface area (Å²) >= 11 is 10.6. The molecule has 0 fully saturated rings. The second kappa shape index (κ2) is 4.62. The molecule has 14 heavy (non-hydrogen) atoms. The van der Waals surface area contributed by atoms with Gasteiger partial charge in [0.25, 0.3) is 0 Å². The van der Waals surface area contributed by atoms with Crippen molar-refractivity contribution in [2.75, 3.05) is 6.61 Å². The first kappa shape index (κ1) is 11.3. The van der Waals surface area contributed by atoms with Gasteiger partial charge in [0.2, 0.25) is 0 Å². The Morgan fingerprint density at radius 2 is 1.93 bits per heavy atom. The molecule has 0 aromatic heterocycles. The molecule has 0 bridgehead atoms. The van der Waals surface area contributed by atoms with Crippen molar-refractivity contribution in [1.82, 2.24) is 0 Å². The van der Waals surface area contributed by atoms with Crippen molar-refractivity contribution in [3.8, 4) is 5.75 Å². The molecule has 4 heteroatoms. The Morgan fingerprint density at radius 1 is 1.43 bits per heavy atom.